The fourth-order valence-corrected chi connectivity index (χ4v) is 4.13. The van der Waals surface area contributed by atoms with E-state index in [1.54, 1.807) is 0 Å². The summed E-state index contributed by atoms with van der Waals surface area (Å²) in [7, 11) is 0. The van der Waals surface area contributed by atoms with Crippen molar-refractivity contribution in [3.8, 4) is 6.07 Å². The number of hydrogen-bond donors (Lipinski definition) is 0. The van der Waals surface area contributed by atoms with Gasteiger partial charge in [0.15, 0.2) is 0 Å². The van der Waals surface area contributed by atoms with Crippen LogP contribution in [0.1, 0.15) is 67.1 Å². The topological polar surface area (TPSA) is 62.2 Å². The highest BCUT2D eigenvalue weighted by molar-refractivity contribution is 5.71. The average Bonchev–Trinajstić information content (AvgIpc) is 2.86. The van der Waals surface area contributed by atoms with Crippen molar-refractivity contribution in [2.45, 2.75) is 51.5 Å². The summed E-state index contributed by atoms with van der Waals surface area (Å²) in [5.41, 5.74) is 3.04. The summed E-state index contributed by atoms with van der Waals surface area (Å²) in [4.78, 5) is 9.55. The van der Waals surface area contributed by atoms with Gasteiger partial charge in [-0.3, -0.25) is 4.99 Å². The molecule has 0 bridgehead atoms. The number of fused-ring (bicyclic) bond motifs is 1. The quantitative estimate of drug-likeness (QED) is 0.696. The molecule has 4 atom stereocenters. The third kappa shape index (κ3) is 3.60. The number of rotatable bonds is 2. The second-order valence-corrected chi connectivity index (χ2v) is 7.80. The number of allylic oxidation sites excluding steroid dienone is 2. The van der Waals surface area contributed by atoms with Gasteiger partial charge in [0.1, 0.15) is 11.8 Å². The lowest BCUT2D eigenvalue weighted by molar-refractivity contribution is 0.318. The van der Waals surface area contributed by atoms with Crippen molar-refractivity contribution >= 4 is 6.21 Å². The summed E-state index contributed by atoms with van der Waals surface area (Å²) >= 11 is 0. The zero-order chi connectivity index (χ0) is 18.8. The highest BCUT2D eigenvalue weighted by atomic mass is 16.4. The molecule has 4 nitrogen and oxygen atoms in total. The lowest BCUT2D eigenvalue weighted by Crippen LogP contribution is -2.14. The van der Waals surface area contributed by atoms with E-state index in [-0.39, 0.29) is 6.04 Å². The summed E-state index contributed by atoms with van der Waals surface area (Å²) in [5, 5.41) is 9.19. The Kier molecular flexibility index (Phi) is 4.94. The van der Waals surface area contributed by atoms with Crippen LogP contribution in [-0.2, 0) is 12.8 Å². The summed E-state index contributed by atoms with van der Waals surface area (Å²) in [6.45, 7) is 4.43. The van der Waals surface area contributed by atoms with Crippen LogP contribution in [0.5, 0.6) is 0 Å². The number of nitriles is 1. The van der Waals surface area contributed by atoms with Gasteiger partial charge in [0.05, 0.1) is 17.3 Å². The van der Waals surface area contributed by atoms with Crippen molar-refractivity contribution in [1.82, 2.24) is 4.98 Å². The van der Waals surface area contributed by atoms with E-state index >= 15 is 0 Å². The first-order valence-electron chi connectivity index (χ1n) is 9.84. The molecule has 27 heavy (non-hydrogen) atoms. The Morgan fingerprint density at radius 1 is 1.26 bits per heavy atom. The van der Waals surface area contributed by atoms with Gasteiger partial charge in [0.2, 0.25) is 5.89 Å². The predicted molar refractivity (Wildman–Crippen MR) is 106 cm³/mol. The molecule has 0 radical (unpaired) electrons. The molecule has 2 heterocycles. The number of hydrogen-bond acceptors (Lipinski definition) is 4. The number of oxazole rings is 1. The molecule has 1 aromatic carbocycles. The maximum Gasteiger partial charge on any atom is 0.219 e. The van der Waals surface area contributed by atoms with Gasteiger partial charge in [-0.25, -0.2) is 4.98 Å². The number of aliphatic imine (C=N–C) groups is 1. The molecule has 4 heteroatoms. The lowest BCUT2D eigenvalue weighted by atomic mass is 9.89. The first-order valence-corrected chi connectivity index (χ1v) is 9.84. The summed E-state index contributed by atoms with van der Waals surface area (Å²) in [6.07, 6.45) is 10.1. The van der Waals surface area contributed by atoms with Crippen molar-refractivity contribution in [3.05, 3.63) is 64.9 Å². The maximum atomic E-state index is 9.19. The minimum atomic E-state index is -0.0257. The van der Waals surface area contributed by atoms with Crippen LogP contribution < -0.4 is 0 Å². The van der Waals surface area contributed by atoms with Crippen LogP contribution in [0.25, 0.3) is 0 Å². The van der Waals surface area contributed by atoms with E-state index in [0.29, 0.717) is 17.8 Å². The standard InChI is InChI=1S/C23H25N3O/c1-15-6-5-11-25-22(16(15)2)23-26-20-10-4-9-19(13-21(20)27-23)18-8-3-7-17(12-18)14-24/h3,5-8,11-12,15-16,19,22H,4,9-10,13H2,1-2H3. The van der Waals surface area contributed by atoms with Crippen molar-refractivity contribution in [1.29, 1.82) is 5.26 Å². The first-order chi connectivity index (χ1) is 13.2. The zero-order valence-electron chi connectivity index (χ0n) is 15.9. The Labute approximate surface area is 160 Å². The third-order valence-electron chi connectivity index (χ3n) is 6.01. The van der Waals surface area contributed by atoms with Crippen molar-refractivity contribution < 1.29 is 4.42 Å². The molecule has 0 saturated carbocycles. The molecule has 0 spiro atoms. The smallest absolute Gasteiger partial charge is 0.219 e. The molecular weight excluding hydrogens is 334 g/mol. The maximum absolute atomic E-state index is 9.19. The fourth-order valence-electron chi connectivity index (χ4n) is 4.13. The molecule has 2 aliphatic rings. The van der Waals surface area contributed by atoms with Crippen LogP contribution in [0.2, 0.25) is 0 Å². The molecular formula is C23H25N3O. The van der Waals surface area contributed by atoms with E-state index in [0.717, 1.165) is 48.6 Å². The van der Waals surface area contributed by atoms with E-state index in [2.05, 4.69) is 37.1 Å². The van der Waals surface area contributed by atoms with Gasteiger partial charge in [-0.05, 0) is 60.8 Å². The number of aryl methyl sites for hydroxylation is 1. The van der Waals surface area contributed by atoms with E-state index < -0.39 is 0 Å². The Bertz CT molecular complexity index is 918. The van der Waals surface area contributed by atoms with Gasteiger partial charge in [0.25, 0.3) is 0 Å². The van der Waals surface area contributed by atoms with Gasteiger partial charge in [-0.2, -0.15) is 5.26 Å². The third-order valence-corrected chi connectivity index (χ3v) is 6.01. The highest BCUT2D eigenvalue weighted by Gasteiger charge is 2.30. The van der Waals surface area contributed by atoms with Gasteiger partial charge in [-0.1, -0.05) is 32.1 Å². The molecule has 4 rings (SSSR count). The molecule has 0 saturated heterocycles. The van der Waals surface area contributed by atoms with Crippen molar-refractivity contribution in [2.75, 3.05) is 0 Å². The van der Waals surface area contributed by atoms with E-state index in [1.165, 1.54) is 5.56 Å². The fraction of sp³-hybridized carbons (Fsp3) is 0.435. The van der Waals surface area contributed by atoms with Crippen LogP contribution in [0.15, 0.2) is 45.8 Å². The molecule has 1 aliphatic carbocycles. The van der Waals surface area contributed by atoms with Crippen molar-refractivity contribution in [2.24, 2.45) is 16.8 Å². The Morgan fingerprint density at radius 3 is 3.00 bits per heavy atom. The monoisotopic (exact) mass is 359 g/mol. The molecule has 0 amide bonds. The van der Waals surface area contributed by atoms with Crippen LogP contribution in [-0.4, -0.2) is 11.2 Å². The summed E-state index contributed by atoms with van der Waals surface area (Å²) < 4.78 is 6.29. The number of nitrogens with zero attached hydrogens (tertiary/aromatic N) is 3. The predicted octanol–water partition coefficient (Wildman–Crippen LogP) is 5.16. The van der Waals surface area contributed by atoms with Crippen LogP contribution in [0, 0.1) is 23.2 Å². The Hall–Kier alpha value is -2.67. The normalized spacial score (nSPS) is 27.4. The van der Waals surface area contributed by atoms with E-state index in [4.69, 9.17) is 9.40 Å². The molecule has 0 N–H and O–H groups in total. The molecule has 138 valence electrons. The zero-order valence-corrected chi connectivity index (χ0v) is 15.9. The molecule has 2 aromatic rings. The number of benzene rings is 1. The summed E-state index contributed by atoms with van der Waals surface area (Å²) in [5.74, 6) is 2.92. The molecule has 1 aromatic heterocycles. The lowest BCUT2D eigenvalue weighted by Gasteiger charge is -2.20. The average molecular weight is 359 g/mol. The SMILES string of the molecule is CC1C=CC=NC(c2nc3c(o2)CC(c2cccc(C#N)c2)CCC3)C1C. The molecule has 4 unspecified atom stereocenters. The van der Waals surface area contributed by atoms with E-state index in [1.807, 2.05) is 30.5 Å². The minimum Gasteiger partial charge on any atom is -0.443 e. The van der Waals surface area contributed by atoms with Gasteiger partial charge >= 0.3 is 0 Å². The number of aromatic nitrogens is 1. The molecule has 0 fully saturated rings. The van der Waals surface area contributed by atoms with Crippen LogP contribution in [0.3, 0.4) is 0 Å². The first kappa shape index (κ1) is 17.7. The van der Waals surface area contributed by atoms with Gasteiger partial charge in [-0.15, -0.1) is 0 Å². The van der Waals surface area contributed by atoms with Gasteiger partial charge < -0.3 is 4.42 Å². The van der Waals surface area contributed by atoms with Crippen molar-refractivity contribution in [3.63, 3.8) is 0 Å². The highest BCUT2D eigenvalue weighted by Crippen LogP contribution is 2.37. The summed E-state index contributed by atoms with van der Waals surface area (Å²) in [6, 6.07) is 10.2. The second kappa shape index (κ2) is 7.52. The van der Waals surface area contributed by atoms with Crippen LogP contribution >= 0.6 is 0 Å². The Balaban J connectivity index is 1.61. The van der Waals surface area contributed by atoms with E-state index in [9.17, 15) is 5.26 Å². The largest absolute Gasteiger partial charge is 0.443 e. The molecule has 1 aliphatic heterocycles. The van der Waals surface area contributed by atoms with Gasteiger partial charge in [0, 0.05) is 12.6 Å². The second-order valence-electron chi connectivity index (χ2n) is 7.80. The minimum absolute atomic E-state index is 0.0257. The Morgan fingerprint density at radius 2 is 2.15 bits per heavy atom. The van der Waals surface area contributed by atoms with Crippen LogP contribution in [0.4, 0.5) is 0 Å².